The lowest BCUT2D eigenvalue weighted by Crippen LogP contribution is -2.18. The van der Waals surface area contributed by atoms with E-state index in [-0.39, 0.29) is 12.5 Å². The molecule has 1 N–H and O–H groups in total. The first-order valence-electron chi connectivity index (χ1n) is 8.51. The maximum absolute atomic E-state index is 12.2. The molecular weight excluding hydrogens is 428 g/mol. The summed E-state index contributed by atoms with van der Waals surface area (Å²) in [5.74, 6) is 0.0242. The molecule has 0 aromatic heterocycles. The van der Waals surface area contributed by atoms with Crippen LogP contribution in [0.5, 0.6) is 11.5 Å². The molecule has 2 aromatic carbocycles. The number of benzene rings is 2. The zero-order chi connectivity index (χ0) is 20.5. The lowest BCUT2D eigenvalue weighted by molar-refractivity contribution is -0.142. The molecule has 8 heteroatoms. The molecule has 28 heavy (non-hydrogen) atoms. The highest BCUT2D eigenvalue weighted by atomic mass is 79.9. The zero-order valence-corrected chi connectivity index (χ0v) is 17.4. The van der Waals surface area contributed by atoms with Crippen LogP contribution in [-0.2, 0) is 9.53 Å². The predicted molar refractivity (Wildman–Crippen MR) is 109 cm³/mol. The maximum Gasteiger partial charge on any atom is 0.343 e. The molecular formula is C20H21BrN2O5. The van der Waals surface area contributed by atoms with Gasteiger partial charge in [-0.25, -0.2) is 10.2 Å². The lowest BCUT2D eigenvalue weighted by Gasteiger charge is -2.13. The number of amides is 1. The number of esters is 1. The van der Waals surface area contributed by atoms with Crippen molar-refractivity contribution in [1.29, 1.82) is 0 Å². The van der Waals surface area contributed by atoms with Gasteiger partial charge < -0.3 is 14.2 Å². The molecule has 0 aliphatic heterocycles. The van der Waals surface area contributed by atoms with Gasteiger partial charge in [-0.1, -0.05) is 18.2 Å². The number of halogens is 1. The van der Waals surface area contributed by atoms with E-state index in [4.69, 9.17) is 9.47 Å². The molecule has 148 valence electrons. The Kier molecular flexibility index (Phi) is 8.01. The van der Waals surface area contributed by atoms with E-state index in [2.05, 4.69) is 31.2 Å². The second-order valence-electron chi connectivity index (χ2n) is 5.64. The third kappa shape index (κ3) is 5.82. The number of hydrogen-bond donors (Lipinski definition) is 1. The van der Waals surface area contributed by atoms with Gasteiger partial charge in [-0.05, 0) is 59.1 Å². The fourth-order valence-electron chi connectivity index (χ4n) is 2.31. The minimum absolute atomic E-state index is 0.241. The highest BCUT2D eigenvalue weighted by molar-refractivity contribution is 9.10. The molecule has 0 fully saturated rings. The second kappa shape index (κ2) is 10.5. The van der Waals surface area contributed by atoms with Crippen LogP contribution in [0.3, 0.4) is 0 Å². The number of carbonyl (C=O) groups is 2. The number of nitrogens with zero attached hydrogens (tertiary/aromatic N) is 1. The summed E-state index contributed by atoms with van der Waals surface area (Å²) in [7, 11) is 1.29. The molecule has 0 atom stereocenters. The van der Waals surface area contributed by atoms with Gasteiger partial charge in [-0.3, -0.25) is 4.79 Å². The molecule has 0 saturated carbocycles. The van der Waals surface area contributed by atoms with E-state index >= 15 is 0 Å². The van der Waals surface area contributed by atoms with E-state index in [1.807, 2.05) is 26.0 Å². The summed E-state index contributed by atoms with van der Waals surface area (Å²) in [5.41, 5.74) is 4.60. The van der Waals surface area contributed by atoms with Crippen LogP contribution in [0.1, 0.15) is 28.4 Å². The van der Waals surface area contributed by atoms with Crippen molar-refractivity contribution in [3.63, 3.8) is 0 Å². The highest BCUT2D eigenvalue weighted by Gasteiger charge is 2.14. The van der Waals surface area contributed by atoms with E-state index in [9.17, 15) is 9.59 Å². The number of ether oxygens (including phenoxy) is 3. The Hall–Kier alpha value is -2.87. The molecule has 7 nitrogen and oxygen atoms in total. The molecule has 0 aliphatic carbocycles. The van der Waals surface area contributed by atoms with E-state index in [1.165, 1.54) is 13.3 Å². The maximum atomic E-state index is 12.2. The van der Waals surface area contributed by atoms with Gasteiger partial charge in [0.2, 0.25) is 0 Å². The largest absolute Gasteiger partial charge is 0.490 e. The van der Waals surface area contributed by atoms with Crippen molar-refractivity contribution >= 4 is 34.0 Å². The monoisotopic (exact) mass is 448 g/mol. The van der Waals surface area contributed by atoms with Crippen LogP contribution in [0.15, 0.2) is 46.0 Å². The van der Waals surface area contributed by atoms with Gasteiger partial charge in [0.25, 0.3) is 5.91 Å². The van der Waals surface area contributed by atoms with Crippen molar-refractivity contribution in [2.75, 3.05) is 20.3 Å². The molecule has 0 saturated heterocycles. The van der Waals surface area contributed by atoms with Gasteiger partial charge in [-0.2, -0.15) is 5.10 Å². The third-order valence-corrected chi connectivity index (χ3v) is 4.25. The van der Waals surface area contributed by atoms with E-state index in [1.54, 1.807) is 24.3 Å². The number of hydrazone groups is 1. The van der Waals surface area contributed by atoms with Gasteiger partial charge >= 0.3 is 5.97 Å². The first-order valence-corrected chi connectivity index (χ1v) is 9.30. The standard InChI is InChI=1S/C20H21BrN2O5/c1-4-27-17-10-14(9-16(21)19(17)28-12-18(24)26-3)11-22-23-20(25)15-8-6-5-7-13(15)2/h5-11H,4,12H2,1-3H3,(H,23,25)/b22-11-. The minimum atomic E-state index is -0.501. The number of carbonyl (C=O) groups excluding carboxylic acids is 2. The molecule has 0 radical (unpaired) electrons. The SMILES string of the molecule is CCOc1cc(/C=N\NC(=O)c2ccccc2C)cc(Br)c1OCC(=O)OC. The average Bonchev–Trinajstić information content (AvgIpc) is 2.67. The Morgan fingerprint density at radius 2 is 1.96 bits per heavy atom. The highest BCUT2D eigenvalue weighted by Crippen LogP contribution is 2.36. The van der Waals surface area contributed by atoms with Crippen LogP contribution in [0, 0.1) is 6.92 Å². The number of nitrogens with one attached hydrogen (secondary N) is 1. The van der Waals surface area contributed by atoms with Crippen molar-refractivity contribution < 1.29 is 23.8 Å². The van der Waals surface area contributed by atoms with Crippen molar-refractivity contribution in [2.24, 2.45) is 5.10 Å². The van der Waals surface area contributed by atoms with Gasteiger partial charge in [0.1, 0.15) is 0 Å². The van der Waals surface area contributed by atoms with Crippen LogP contribution in [-0.4, -0.2) is 38.4 Å². The first-order chi connectivity index (χ1) is 13.5. The summed E-state index contributed by atoms with van der Waals surface area (Å²) in [6.07, 6.45) is 1.49. The van der Waals surface area contributed by atoms with E-state index in [0.717, 1.165) is 5.56 Å². The second-order valence-corrected chi connectivity index (χ2v) is 6.50. The fourth-order valence-corrected chi connectivity index (χ4v) is 2.88. The topological polar surface area (TPSA) is 86.2 Å². The number of hydrogen-bond acceptors (Lipinski definition) is 6. The molecule has 2 aromatic rings. The quantitative estimate of drug-likeness (QED) is 0.379. The summed E-state index contributed by atoms with van der Waals surface area (Å²) < 4.78 is 16.2. The Balaban J connectivity index is 2.14. The summed E-state index contributed by atoms with van der Waals surface area (Å²) in [4.78, 5) is 23.5. The Bertz CT molecular complexity index is 883. The molecule has 0 aliphatic rings. The van der Waals surface area contributed by atoms with Gasteiger partial charge in [0.05, 0.1) is 24.4 Å². The minimum Gasteiger partial charge on any atom is -0.490 e. The average molecular weight is 449 g/mol. The molecule has 2 rings (SSSR count). The zero-order valence-electron chi connectivity index (χ0n) is 15.8. The molecule has 0 unspecified atom stereocenters. The van der Waals surface area contributed by atoms with E-state index < -0.39 is 5.97 Å². The summed E-state index contributed by atoms with van der Waals surface area (Å²) in [5, 5.41) is 4.00. The predicted octanol–water partition coefficient (Wildman–Crippen LogP) is 3.47. The number of rotatable bonds is 8. The Morgan fingerprint density at radius 3 is 2.64 bits per heavy atom. The van der Waals surface area contributed by atoms with E-state index in [0.29, 0.717) is 33.7 Å². The van der Waals surface area contributed by atoms with Crippen LogP contribution >= 0.6 is 15.9 Å². The number of aryl methyl sites for hydroxylation is 1. The molecule has 0 bridgehead atoms. The van der Waals surface area contributed by atoms with Crippen LogP contribution < -0.4 is 14.9 Å². The van der Waals surface area contributed by atoms with Crippen LogP contribution in [0.4, 0.5) is 0 Å². The van der Waals surface area contributed by atoms with Gasteiger partial charge in [-0.15, -0.1) is 0 Å². The first kappa shape index (κ1) is 21.4. The Morgan fingerprint density at radius 1 is 1.21 bits per heavy atom. The fraction of sp³-hybridized carbons (Fsp3) is 0.250. The smallest absolute Gasteiger partial charge is 0.343 e. The van der Waals surface area contributed by atoms with Crippen molar-refractivity contribution in [3.05, 3.63) is 57.6 Å². The van der Waals surface area contributed by atoms with Crippen molar-refractivity contribution in [1.82, 2.24) is 5.43 Å². The van der Waals surface area contributed by atoms with Gasteiger partial charge in [0.15, 0.2) is 18.1 Å². The molecule has 0 spiro atoms. The normalized spacial score (nSPS) is 10.6. The third-order valence-electron chi connectivity index (χ3n) is 3.66. The molecule has 0 heterocycles. The van der Waals surface area contributed by atoms with Crippen molar-refractivity contribution in [3.8, 4) is 11.5 Å². The summed E-state index contributed by atoms with van der Waals surface area (Å²) in [6, 6.07) is 10.7. The lowest BCUT2D eigenvalue weighted by atomic mass is 10.1. The van der Waals surface area contributed by atoms with Crippen molar-refractivity contribution in [2.45, 2.75) is 13.8 Å². The van der Waals surface area contributed by atoms with Crippen LogP contribution in [0.2, 0.25) is 0 Å². The number of methoxy groups -OCH3 is 1. The van der Waals surface area contributed by atoms with Crippen LogP contribution in [0.25, 0.3) is 0 Å². The van der Waals surface area contributed by atoms with Gasteiger partial charge in [0, 0.05) is 5.56 Å². The summed E-state index contributed by atoms with van der Waals surface area (Å²) in [6.45, 7) is 3.86. The molecule has 1 amide bonds. The summed E-state index contributed by atoms with van der Waals surface area (Å²) >= 11 is 3.40. The Labute approximate surface area is 171 Å².